The zero-order valence-corrected chi connectivity index (χ0v) is 20.7. The number of piperidine rings is 1. The molecule has 1 fully saturated rings. The van der Waals surface area contributed by atoms with Gasteiger partial charge in [0, 0.05) is 37.9 Å². The fourth-order valence-corrected chi connectivity index (χ4v) is 6.15. The highest BCUT2D eigenvalue weighted by molar-refractivity contribution is 7.89. The molecule has 33 heavy (non-hydrogen) atoms. The molecule has 2 aliphatic heterocycles. The Balaban J connectivity index is 1.60. The van der Waals surface area contributed by atoms with Gasteiger partial charge >= 0.3 is 0 Å². The number of nitrogens with zero attached hydrogens (tertiary/aromatic N) is 2. The largest absolute Gasteiger partial charge is 0.497 e. The number of anilines is 1. The van der Waals surface area contributed by atoms with Gasteiger partial charge in [0.15, 0.2) is 0 Å². The van der Waals surface area contributed by atoms with Crippen LogP contribution in [0.4, 0.5) is 5.69 Å². The van der Waals surface area contributed by atoms with Gasteiger partial charge < -0.3 is 14.4 Å². The van der Waals surface area contributed by atoms with E-state index in [0.29, 0.717) is 12.3 Å². The molecule has 0 bridgehead atoms. The van der Waals surface area contributed by atoms with Crippen LogP contribution in [0.25, 0.3) is 0 Å². The highest BCUT2D eigenvalue weighted by Crippen LogP contribution is 2.33. The van der Waals surface area contributed by atoms with Crippen molar-refractivity contribution in [2.45, 2.75) is 43.0 Å². The smallest absolute Gasteiger partial charge is 0.244 e. The lowest BCUT2D eigenvalue weighted by atomic mass is 9.95. The molecular formula is C25H35N3O4S. The molecule has 0 unspecified atom stereocenters. The Kier molecular flexibility index (Phi) is 7.46. The van der Waals surface area contributed by atoms with Crippen LogP contribution in [-0.4, -0.2) is 60.8 Å². The molecule has 0 radical (unpaired) electrons. The number of benzene rings is 2. The summed E-state index contributed by atoms with van der Waals surface area (Å²) < 4.78 is 39.9. The summed E-state index contributed by atoms with van der Waals surface area (Å²) in [5.41, 5.74) is 3.81. The van der Waals surface area contributed by atoms with E-state index in [2.05, 4.69) is 39.8 Å². The summed E-state index contributed by atoms with van der Waals surface area (Å²) in [7, 11) is 1.38. The van der Waals surface area contributed by atoms with E-state index < -0.39 is 10.0 Å². The Morgan fingerprint density at radius 3 is 2.48 bits per heavy atom. The van der Waals surface area contributed by atoms with Crippen molar-refractivity contribution in [3.05, 3.63) is 47.5 Å². The predicted molar refractivity (Wildman–Crippen MR) is 131 cm³/mol. The van der Waals surface area contributed by atoms with Crippen molar-refractivity contribution in [3.63, 3.8) is 0 Å². The minimum Gasteiger partial charge on any atom is -0.497 e. The SMILES string of the molecule is COc1ccc(S(=O)(=O)NC[C@@H](c2ccc3c(c2)CCCN3C)N2CCCCC2)c(OC)c1. The van der Waals surface area contributed by atoms with Crippen molar-refractivity contribution in [2.24, 2.45) is 0 Å². The number of methoxy groups -OCH3 is 2. The second-order valence-electron chi connectivity index (χ2n) is 8.89. The molecule has 0 aliphatic carbocycles. The summed E-state index contributed by atoms with van der Waals surface area (Å²) in [5.74, 6) is 0.823. The molecule has 7 nitrogen and oxygen atoms in total. The molecule has 2 aromatic carbocycles. The van der Waals surface area contributed by atoms with Gasteiger partial charge in [-0.15, -0.1) is 0 Å². The zero-order valence-electron chi connectivity index (χ0n) is 19.8. The molecule has 8 heteroatoms. The van der Waals surface area contributed by atoms with Gasteiger partial charge in [0.2, 0.25) is 10.0 Å². The maximum atomic E-state index is 13.2. The average Bonchev–Trinajstić information content (AvgIpc) is 2.84. The summed E-state index contributed by atoms with van der Waals surface area (Å²) >= 11 is 0. The Morgan fingerprint density at radius 1 is 0.970 bits per heavy atom. The third-order valence-corrected chi connectivity index (χ3v) is 8.26. The maximum Gasteiger partial charge on any atom is 0.244 e. The number of sulfonamides is 1. The van der Waals surface area contributed by atoms with E-state index in [4.69, 9.17) is 9.47 Å². The fourth-order valence-electron chi connectivity index (χ4n) is 4.96. The van der Waals surface area contributed by atoms with E-state index in [-0.39, 0.29) is 16.7 Å². The summed E-state index contributed by atoms with van der Waals surface area (Å²) in [6.07, 6.45) is 5.72. The lowest BCUT2D eigenvalue weighted by Gasteiger charge is -2.36. The van der Waals surface area contributed by atoms with E-state index in [1.165, 1.54) is 36.4 Å². The predicted octanol–water partition coefficient (Wildman–Crippen LogP) is 3.59. The second-order valence-corrected chi connectivity index (χ2v) is 10.6. The highest BCUT2D eigenvalue weighted by atomic mass is 32.2. The number of nitrogens with one attached hydrogen (secondary N) is 1. The van der Waals surface area contributed by atoms with Crippen LogP contribution in [0.5, 0.6) is 11.5 Å². The van der Waals surface area contributed by atoms with Gasteiger partial charge in [0.05, 0.1) is 14.2 Å². The van der Waals surface area contributed by atoms with E-state index in [0.717, 1.165) is 45.3 Å². The van der Waals surface area contributed by atoms with Crippen molar-refractivity contribution < 1.29 is 17.9 Å². The molecule has 180 valence electrons. The Morgan fingerprint density at radius 2 is 1.76 bits per heavy atom. The van der Waals surface area contributed by atoms with Gasteiger partial charge in [-0.1, -0.05) is 18.6 Å². The average molecular weight is 474 g/mol. The highest BCUT2D eigenvalue weighted by Gasteiger charge is 2.27. The molecular weight excluding hydrogens is 438 g/mol. The van der Waals surface area contributed by atoms with Crippen molar-refractivity contribution in [1.82, 2.24) is 9.62 Å². The quantitative estimate of drug-likeness (QED) is 0.632. The Hall–Kier alpha value is -2.29. The number of aryl methyl sites for hydroxylation is 1. The molecule has 2 heterocycles. The number of hydrogen-bond donors (Lipinski definition) is 1. The van der Waals surface area contributed by atoms with Gasteiger partial charge in [-0.25, -0.2) is 13.1 Å². The molecule has 4 rings (SSSR count). The zero-order chi connectivity index (χ0) is 23.4. The van der Waals surface area contributed by atoms with E-state index >= 15 is 0 Å². The molecule has 2 aromatic rings. The van der Waals surface area contributed by atoms with Gasteiger partial charge in [0.1, 0.15) is 16.4 Å². The van der Waals surface area contributed by atoms with Crippen LogP contribution < -0.4 is 19.1 Å². The summed E-state index contributed by atoms with van der Waals surface area (Å²) in [6, 6.07) is 11.4. The number of hydrogen-bond acceptors (Lipinski definition) is 6. The molecule has 1 N–H and O–H groups in total. The van der Waals surface area contributed by atoms with Crippen molar-refractivity contribution in [3.8, 4) is 11.5 Å². The second kappa shape index (κ2) is 10.3. The van der Waals surface area contributed by atoms with Crippen LogP contribution in [0.3, 0.4) is 0 Å². The topological polar surface area (TPSA) is 71.1 Å². The first-order valence-corrected chi connectivity index (χ1v) is 13.2. The van der Waals surface area contributed by atoms with Crippen LogP contribution >= 0.6 is 0 Å². The van der Waals surface area contributed by atoms with Gasteiger partial charge in [-0.3, -0.25) is 4.90 Å². The van der Waals surface area contributed by atoms with Crippen LogP contribution in [0.1, 0.15) is 42.9 Å². The third-order valence-electron chi connectivity index (χ3n) is 6.80. The first kappa shape index (κ1) is 23.9. The molecule has 0 spiro atoms. The van der Waals surface area contributed by atoms with Gasteiger partial charge in [0.25, 0.3) is 0 Å². The van der Waals surface area contributed by atoms with Gasteiger partial charge in [-0.2, -0.15) is 0 Å². The molecule has 2 aliphatic rings. The molecule has 1 saturated heterocycles. The Labute approximate surface area is 197 Å². The molecule has 0 saturated carbocycles. The summed E-state index contributed by atoms with van der Waals surface area (Å²) in [4.78, 5) is 4.85. The van der Waals surface area contributed by atoms with Gasteiger partial charge in [-0.05, 0) is 68.1 Å². The number of rotatable bonds is 8. The van der Waals surface area contributed by atoms with Crippen LogP contribution in [-0.2, 0) is 16.4 Å². The summed E-state index contributed by atoms with van der Waals surface area (Å²) in [5, 5.41) is 0. The number of ether oxygens (including phenoxy) is 2. The van der Waals surface area contributed by atoms with Crippen molar-refractivity contribution >= 4 is 15.7 Å². The first-order chi connectivity index (χ1) is 15.9. The van der Waals surface area contributed by atoms with Crippen LogP contribution in [0.15, 0.2) is 41.3 Å². The van der Waals surface area contributed by atoms with Crippen molar-refractivity contribution in [2.75, 3.05) is 52.3 Å². The fraction of sp³-hybridized carbons (Fsp3) is 0.520. The van der Waals surface area contributed by atoms with E-state index in [1.807, 2.05) is 0 Å². The molecule has 0 amide bonds. The molecule has 0 aromatic heterocycles. The van der Waals surface area contributed by atoms with E-state index in [9.17, 15) is 8.42 Å². The summed E-state index contributed by atoms with van der Waals surface area (Å²) in [6.45, 7) is 3.35. The first-order valence-electron chi connectivity index (χ1n) is 11.7. The van der Waals surface area contributed by atoms with E-state index in [1.54, 1.807) is 19.2 Å². The lowest BCUT2D eigenvalue weighted by molar-refractivity contribution is 0.164. The lowest BCUT2D eigenvalue weighted by Crippen LogP contribution is -2.40. The van der Waals surface area contributed by atoms with Crippen LogP contribution in [0, 0.1) is 0 Å². The standard InChI is InChI=1S/C25H35N3O4S/c1-27-13-7-8-19-16-20(9-11-22(19)27)23(28-14-5-4-6-15-28)18-26-33(29,30)25-12-10-21(31-2)17-24(25)32-3/h9-12,16-17,23,26H,4-8,13-15,18H2,1-3H3/t23-/m0/s1. The maximum absolute atomic E-state index is 13.2. The third kappa shape index (κ3) is 5.28. The normalized spacial score (nSPS) is 18.0. The van der Waals surface area contributed by atoms with Crippen LogP contribution in [0.2, 0.25) is 0 Å². The van der Waals surface area contributed by atoms with Crippen molar-refractivity contribution in [1.29, 1.82) is 0 Å². The Bertz CT molecular complexity index is 1070. The minimum absolute atomic E-state index is 0.0122. The number of likely N-dealkylation sites (tertiary alicyclic amines) is 1. The molecule has 1 atom stereocenters. The minimum atomic E-state index is -3.76. The number of fused-ring (bicyclic) bond motifs is 1. The monoisotopic (exact) mass is 473 g/mol.